The van der Waals surface area contributed by atoms with Crippen LogP contribution in [0.2, 0.25) is 0 Å². The molecule has 0 unspecified atom stereocenters. The second kappa shape index (κ2) is 3.84. The third-order valence-electron chi connectivity index (χ3n) is 3.56. The molecule has 3 heteroatoms. The highest BCUT2D eigenvalue weighted by molar-refractivity contribution is 6.05. The van der Waals surface area contributed by atoms with Crippen molar-refractivity contribution in [2.75, 3.05) is 5.73 Å². The van der Waals surface area contributed by atoms with Crippen LogP contribution < -0.4 is 11.1 Å². The Hall–Kier alpha value is -2.81. The predicted octanol–water partition coefficient (Wildman–Crippen LogP) is 3.75. The smallest absolute Gasteiger partial charge is 0.142 e. The molecule has 96 valence electrons. The molecule has 0 saturated heterocycles. The first-order valence-corrected chi connectivity index (χ1v) is 6.41. The molecule has 3 nitrogen and oxygen atoms in total. The third kappa shape index (κ3) is 1.57. The van der Waals surface area contributed by atoms with Gasteiger partial charge in [-0.2, -0.15) is 0 Å². The molecule has 0 radical (unpaired) electrons. The molecule has 1 aliphatic heterocycles. The Morgan fingerprint density at radius 3 is 2.60 bits per heavy atom. The van der Waals surface area contributed by atoms with Gasteiger partial charge < -0.3 is 15.6 Å². The van der Waals surface area contributed by atoms with Crippen LogP contribution in [-0.2, 0) is 0 Å². The van der Waals surface area contributed by atoms with Crippen LogP contribution in [0.1, 0.15) is 0 Å². The summed E-state index contributed by atoms with van der Waals surface area (Å²) >= 11 is 0. The maximum atomic E-state index is 7.70. The van der Waals surface area contributed by atoms with Crippen molar-refractivity contribution in [1.29, 1.82) is 5.41 Å². The van der Waals surface area contributed by atoms with Crippen LogP contribution >= 0.6 is 0 Å². The fourth-order valence-electron chi connectivity index (χ4n) is 2.58. The van der Waals surface area contributed by atoms with Crippen molar-refractivity contribution in [3.63, 3.8) is 0 Å². The highest BCUT2D eigenvalue weighted by Gasteiger charge is 2.09. The van der Waals surface area contributed by atoms with E-state index in [0.29, 0.717) is 5.36 Å². The average Bonchev–Trinajstić information content (AvgIpc) is 2.44. The van der Waals surface area contributed by atoms with Crippen LogP contribution in [0.15, 0.2) is 59.0 Å². The Morgan fingerprint density at radius 2 is 1.70 bits per heavy atom. The molecule has 0 spiro atoms. The monoisotopic (exact) mass is 260 g/mol. The van der Waals surface area contributed by atoms with E-state index in [1.807, 2.05) is 36.4 Å². The van der Waals surface area contributed by atoms with E-state index in [-0.39, 0.29) is 0 Å². The number of benzene rings is 3. The summed E-state index contributed by atoms with van der Waals surface area (Å²) < 4.78 is 6.02. The molecule has 2 aliphatic rings. The molecule has 0 aromatic heterocycles. The zero-order chi connectivity index (χ0) is 13.7. The second-order valence-corrected chi connectivity index (χ2v) is 4.96. The summed E-state index contributed by atoms with van der Waals surface area (Å²) in [5.41, 5.74) is 8.40. The van der Waals surface area contributed by atoms with Gasteiger partial charge in [0.2, 0.25) is 0 Å². The van der Waals surface area contributed by atoms with Crippen LogP contribution in [0, 0.1) is 5.41 Å². The zero-order valence-electron chi connectivity index (χ0n) is 10.7. The van der Waals surface area contributed by atoms with Crippen molar-refractivity contribution in [3.05, 3.63) is 60.0 Å². The highest BCUT2D eigenvalue weighted by Crippen LogP contribution is 2.32. The zero-order valence-corrected chi connectivity index (χ0v) is 10.7. The average molecular weight is 260 g/mol. The van der Waals surface area contributed by atoms with E-state index in [9.17, 15) is 0 Å². The molecular weight excluding hydrogens is 248 g/mol. The van der Waals surface area contributed by atoms with Crippen LogP contribution in [-0.4, -0.2) is 0 Å². The first-order valence-electron chi connectivity index (χ1n) is 6.41. The van der Waals surface area contributed by atoms with Gasteiger partial charge in [0.25, 0.3) is 0 Å². The van der Waals surface area contributed by atoms with E-state index in [2.05, 4.69) is 6.07 Å². The largest absolute Gasteiger partial charge is 0.455 e. The number of nitrogens with one attached hydrogen (secondary N) is 1. The van der Waals surface area contributed by atoms with Crippen molar-refractivity contribution in [2.45, 2.75) is 0 Å². The first kappa shape index (κ1) is 11.1. The highest BCUT2D eigenvalue weighted by atomic mass is 16.3. The molecule has 0 bridgehead atoms. The first-order chi connectivity index (χ1) is 9.70. The van der Waals surface area contributed by atoms with Gasteiger partial charge in [-0.3, -0.25) is 0 Å². The summed E-state index contributed by atoms with van der Waals surface area (Å²) in [6, 6.07) is 17.4. The molecule has 3 N–H and O–H groups in total. The lowest BCUT2D eigenvalue weighted by Gasteiger charge is -2.09. The van der Waals surface area contributed by atoms with Gasteiger partial charge >= 0.3 is 0 Å². The van der Waals surface area contributed by atoms with Gasteiger partial charge in [0.05, 0.1) is 5.36 Å². The van der Waals surface area contributed by atoms with Crippen LogP contribution in [0.4, 0.5) is 5.69 Å². The standard InChI is InChI=1S/C17H12N2O/c18-13-5-6-15-10(8-13)1-2-12-7-11-3-4-14(19)9-16(11)20-17(12)15/h1-9,19H,18H2. The molecule has 4 rings (SSSR count). The van der Waals surface area contributed by atoms with E-state index >= 15 is 0 Å². The maximum Gasteiger partial charge on any atom is 0.142 e. The van der Waals surface area contributed by atoms with Crippen LogP contribution in [0.3, 0.4) is 0 Å². The topological polar surface area (TPSA) is 63.0 Å². The molecule has 1 aliphatic carbocycles. The molecule has 2 aromatic carbocycles. The molecule has 0 saturated carbocycles. The van der Waals surface area contributed by atoms with E-state index in [0.717, 1.165) is 38.8 Å². The molecule has 20 heavy (non-hydrogen) atoms. The Bertz CT molecular complexity index is 985. The Balaban J connectivity index is 2.21. The quantitative estimate of drug-likeness (QED) is 0.287. The number of fused-ring (bicyclic) bond motifs is 4. The summed E-state index contributed by atoms with van der Waals surface area (Å²) in [7, 11) is 0. The molecular formula is C17H12N2O. The minimum Gasteiger partial charge on any atom is -0.455 e. The van der Waals surface area contributed by atoms with Gasteiger partial charge in [-0.15, -0.1) is 0 Å². The van der Waals surface area contributed by atoms with Crippen molar-refractivity contribution in [1.82, 2.24) is 0 Å². The molecule has 0 atom stereocenters. The van der Waals surface area contributed by atoms with Gasteiger partial charge in [0, 0.05) is 28.1 Å². The number of nitrogen functional groups attached to an aromatic ring is 1. The number of hydrogen-bond donors (Lipinski definition) is 2. The van der Waals surface area contributed by atoms with Gasteiger partial charge in [0.15, 0.2) is 0 Å². The van der Waals surface area contributed by atoms with Crippen molar-refractivity contribution in [2.24, 2.45) is 0 Å². The van der Waals surface area contributed by atoms with E-state index in [1.165, 1.54) is 0 Å². The second-order valence-electron chi connectivity index (χ2n) is 4.96. The van der Waals surface area contributed by atoms with Gasteiger partial charge in [-0.25, -0.2) is 0 Å². The predicted molar refractivity (Wildman–Crippen MR) is 80.6 cm³/mol. The summed E-state index contributed by atoms with van der Waals surface area (Å²) in [5.74, 6) is 0.731. The lowest BCUT2D eigenvalue weighted by molar-refractivity contribution is 0.622. The number of anilines is 1. The van der Waals surface area contributed by atoms with Gasteiger partial charge in [-0.05, 0) is 41.8 Å². The van der Waals surface area contributed by atoms with E-state index in [1.54, 1.807) is 12.1 Å². The minimum atomic E-state index is 0.449. The van der Waals surface area contributed by atoms with Crippen LogP contribution in [0.25, 0.3) is 33.1 Å². The van der Waals surface area contributed by atoms with E-state index in [4.69, 9.17) is 15.6 Å². The van der Waals surface area contributed by atoms with Crippen LogP contribution in [0.5, 0.6) is 0 Å². The lowest BCUT2D eigenvalue weighted by Crippen LogP contribution is -1.97. The summed E-state index contributed by atoms with van der Waals surface area (Å²) in [6.07, 6.45) is 0. The summed E-state index contributed by atoms with van der Waals surface area (Å²) in [4.78, 5) is 0. The molecule has 2 aromatic rings. The normalized spacial score (nSPS) is 11.4. The fourth-order valence-corrected chi connectivity index (χ4v) is 2.58. The number of hydrogen-bond acceptors (Lipinski definition) is 3. The fraction of sp³-hybridized carbons (Fsp3) is 0. The Kier molecular flexibility index (Phi) is 2.12. The SMILES string of the molecule is N=c1ccc2cc3ccc4cc(N)ccc4c3oc-2c1. The van der Waals surface area contributed by atoms with Crippen molar-refractivity contribution >= 4 is 27.4 Å². The van der Waals surface area contributed by atoms with Gasteiger partial charge in [0.1, 0.15) is 11.3 Å². The molecule has 1 heterocycles. The molecule has 0 fully saturated rings. The minimum absolute atomic E-state index is 0.449. The molecule has 0 amide bonds. The van der Waals surface area contributed by atoms with Crippen molar-refractivity contribution in [3.8, 4) is 11.3 Å². The van der Waals surface area contributed by atoms with Crippen molar-refractivity contribution < 1.29 is 4.42 Å². The van der Waals surface area contributed by atoms with E-state index < -0.39 is 0 Å². The lowest BCUT2D eigenvalue weighted by atomic mass is 10.0. The van der Waals surface area contributed by atoms with Gasteiger partial charge in [-0.1, -0.05) is 12.1 Å². The maximum absolute atomic E-state index is 7.70. The third-order valence-corrected chi connectivity index (χ3v) is 3.56. The summed E-state index contributed by atoms with van der Waals surface area (Å²) in [6.45, 7) is 0. The Labute approximate surface area is 115 Å². The number of rotatable bonds is 0. The number of nitrogens with two attached hydrogens (primary N) is 1. The summed E-state index contributed by atoms with van der Waals surface area (Å²) in [5, 5.41) is 11.3. The Morgan fingerprint density at radius 1 is 0.850 bits per heavy atom.